The van der Waals surface area contributed by atoms with Gasteiger partial charge in [0.2, 0.25) is 0 Å². The van der Waals surface area contributed by atoms with E-state index in [-0.39, 0.29) is 17.4 Å². The van der Waals surface area contributed by atoms with Crippen molar-refractivity contribution in [2.75, 3.05) is 26.0 Å². The van der Waals surface area contributed by atoms with E-state index in [1.807, 2.05) is 42.5 Å². The average Bonchev–Trinajstić information content (AvgIpc) is 2.79. The van der Waals surface area contributed by atoms with Crippen LogP contribution in [0, 0.1) is 0 Å². The van der Waals surface area contributed by atoms with Crippen LogP contribution in [0.4, 0.5) is 5.82 Å². The standard InChI is InChI=1S/C22H23N5O3/c1-24-22(28)20-21(23)26-13-17(27-20)16-4-2-3-14(9-16)11-25-12-15-5-6-18-19(10-15)30-8-7-29-18/h2-6,9-10,13,25H,7-8,11-12H2,1H3,(H2,23,26)(H,24,28). The number of nitrogen functional groups attached to an aromatic ring is 1. The second-order valence-corrected chi connectivity index (χ2v) is 6.85. The smallest absolute Gasteiger partial charge is 0.273 e. The molecule has 0 unspecified atom stereocenters. The molecule has 0 aliphatic carbocycles. The maximum absolute atomic E-state index is 11.9. The Bertz CT molecular complexity index is 1070. The molecule has 1 aromatic heterocycles. The van der Waals surface area contributed by atoms with Crippen molar-refractivity contribution in [1.82, 2.24) is 20.6 Å². The zero-order valence-electron chi connectivity index (χ0n) is 16.6. The highest BCUT2D eigenvalue weighted by Gasteiger charge is 2.14. The highest BCUT2D eigenvalue weighted by molar-refractivity contribution is 5.96. The lowest BCUT2D eigenvalue weighted by Gasteiger charge is -2.19. The quantitative estimate of drug-likeness (QED) is 0.576. The minimum absolute atomic E-state index is 0.107. The summed E-state index contributed by atoms with van der Waals surface area (Å²) in [6.07, 6.45) is 1.57. The summed E-state index contributed by atoms with van der Waals surface area (Å²) in [4.78, 5) is 20.4. The Labute approximate surface area is 174 Å². The number of ether oxygens (including phenoxy) is 2. The number of amides is 1. The van der Waals surface area contributed by atoms with Gasteiger partial charge >= 0.3 is 0 Å². The van der Waals surface area contributed by atoms with Crippen LogP contribution in [-0.2, 0) is 13.1 Å². The second-order valence-electron chi connectivity index (χ2n) is 6.85. The molecular weight excluding hydrogens is 382 g/mol. The number of anilines is 1. The van der Waals surface area contributed by atoms with Crippen molar-refractivity contribution in [2.45, 2.75) is 13.1 Å². The van der Waals surface area contributed by atoms with Gasteiger partial charge in [0.25, 0.3) is 5.91 Å². The lowest BCUT2D eigenvalue weighted by molar-refractivity contribution is 0.0959. The zero-order valence-corrected chi connectivity index (χ0v) is 16.6. The summed E-state index contributed by atoms with van der Waals surface area (Å²) in [7, 11) is 1.53. The second kappa shape index (κ2) is 8.79. The predicted molar refractivity (Wildman–Crippen MR) is 113 cm³/mol. The van der Waals surface area contributed by atoms with Crippen LogP contribution in [0.15, 0.2) is 48.7 Å². The third kappa shape index (κ3) is 4.33. The van der Waals surface area contributed by atoms with E-state index in [2.05, 4.69) is 20.6 Å². The van der Waals surface area contributed by atoms with Crippen molar-refractivity contribution >= 4 is 11.7 Å². The molecule has 0 atom stereocenters. The Hall–Kier alpha value is -3.65. The van der Waals surface area contributed by atoms with Gasteiger partial charge in [0.05, 0.1) is 11.9 Å². The molecule has 0 radical (unpaired) electrons. The number of benzene rings is 2. The van der Waals surface area contributed by atoms with Crippen LogP contribution in [0.3, 0.4) is 0 Å². The van der Waals surface area contributed by atoms with Gasteiger partial charge in [0.15, 0.2) is 23.0 Å². The fourth-order valence-electron chi connectivity index (χ4n) is 3.21. The van der Waals surface area contributed by atoms with E-state index in [0.29, 0.717) is 32.0 Å². The molecule has 2 aromatic carbocycles. The molecule has 1 aliphatic heterocycles. The molecule has 0 spiro atoms. The molecule has 8 nitrogen and oxygen atoms in total. The van der Waals surface area contributed by atoms with Crippen LogP contribution in [-0.4, -0.2) is 36.1 Å². The molecule has 0 saturated heterocycles. The van der Waals surface area contributed by atoms with Gasteiger partial charge in [-0.25, -0.2) is 9.97 Å². The molecule has 0 bridgehead atoms. The maximum Gasteiger partial charge on any atom is 0.273 e. The van der Waals surface area contributed by atoms with Crippen LogP contribution in [0.1, 0.15) is 21.6 Å². The van der Waals surface area contributed by atoms with E-state index in [9.17, 15) is 4.79 Å². The highest BCUT2D eigenvalue weighted by Crippen LogP contribution is 2.30. The van der Waals surface area contributed by atoms with Crippen LogP contribution in [0.2, 0.25) is 0 Å². The van der Waals surface area contributed by atoms with E-state index < -0.39 is 0 Å². The summed E-state index contributed by atoms with van der Waals surface area (Å²) in [5.41, 5.74) is 9.57. The molecule has 1 aliphatic rings. The Morgan fingerprint density at radius 2 is 1.83 bits per heavy atom. The van der Waals surface area contributed by atoms with Gasteiger partial charge in [0.1, 0.15) is 13.2 Å². The molecule has 3 aromatic rings. The molecule has 2 heterocycles. The molecule has 4 N–H and O–H groups in total. The summed E-state index contributed by atoms with van der Waals surface area (Å²) < 4.78 is 11.2. The molecule has 8 heteroatoms. The number of fused-ring (bicyclic) bond motifs is 1. The minimum Gasteiger partial charge on any atom is -0.486 e. The normalized spacial score (nSPS) is 12.4. The number of nitrogens with zero attached hydrogens (tertiary/aromatic N) is 2. The molecule has 0 saturated carbocycles. The minimum atomic E-state index is -0.362. The van der Waals surface area contributed by atoms with Gasteiger partial charge in [-0.1, -0.05) is 24.3 Å². The van der Waals surface area contributed by atoms with Gasteiger partial charge in [-0.2, -0.15) is 0 Å². The maximum atomic E-state index is 11.9. The van der Waals surface area contributed by atoms with Crippen molar-refractivity contribution in [3.8, 4) is 22.8 Å². The van der Waals surface area contributed by atoms with Gasteiger partial charge < -0.3 is 25.8 Å². The van der Waals surface area contributed by atoms with Crippen molar-refractivity contribution < 1.29 is 14.3 Å². The van der Waals surface area contributed by atoms with Crippen molar-refractivity contribution in [3.63, 3.8) is 0 Å². The van der Waals surface area contributed by atoms with E-state index in [1.165, 1.54) is 7.05 Å². The van der Waals surface area contributed by atoms with Crippen LogP contribution in [0.5, 0.6) is 11.5 Å². The number of carbonyl (C=O) groups excluding carboxylic acids is 1. The van der Waals surface area contributed by atoms with Gasteiger partial charge in [-0.15, -0.1) is 0 Å². The fraction of sp³-hybridized carbons (Fsp3) is 0.227. The first-order valence-electron chi connectivity index (χ1n) is 9.67. The van der Waals surface area contributed by atoms with Crippen LogP contribution < -0.4 is 25.8 Å². The molecular formula is C22H23N5O3. The molecule has 0 fully saturated rings. The topological polar surface area (TPSA) is 111 Å². The number of rotatable bonds is 6. The number of hydrogen-bond donors (Lipinski definition) is 3. The summed E-state index contributed by atoms with van der Waals surface area (Å²) in [5, 5.41) is 5.96. The van der Waals surface area contributed by atoms with E-state index in [1.54, 1.807) is 6.20 Å². The SMILES string of the molecule is CNC(=O)c1nc(-c2cccc(CNCc3ccc4c(c3)OCCO4)c2)cnc1N. The Morgan fingerprint density at radius 1 is 1.07 bits per heavy atom. The zero-order chi connectivity index (χ0) is 20.9. The van der Waals surface area contributed by atoms with Crippen molar-refractivity contribution in [3.05, 3.63) is 65.5 Å². The summed E-state index contributed by atoms with van der Waals surface area (Å²) >= 11 is 0. The lowest BCUT2D eigenvalue weighted by atomic mass is 10.1. The van der Waals surface area contributed by atoms with E-state index in [4.69, 9.17) is 15.2 Å². The summed E-state index contributed by atoms with van der Waals surface area (Å²) in [6, 6.07) is 13.9. The number of nitrogens with two attached hydrogens (primary N) is 1. The number of nitrogens with one attached hydrogen (secondary N) is 2. The van der Waals surface area contributed by atoms with Crippen LogP contribution in [0.25, 0.3) is 11.3 Å². The lowest BCUT2D eigenvalue weighted by Crippen LogP contribution is -2.21. The number of aromatic nitrogens is 2. The van der Waals surface area contributed by atoms with Crippen LogP contribution >= 0.6 is 0 Å². The molecule has 4 rings (SSSR count). The van der Waals surface area contributed by atoms with Crippen molar-refractivity contribution in [1.29, 1.82) is 0 Å². The predicted octanol–water partition coefficient (Wildman–Crippen LogP) is 2.15. The molecule has 1 amide bonds. The average molecular weight is 405 g/mol. The molecule has 30 heavy (non-hydrogen) atoms. The van der Waals surface area contributed by atoms with Crippen molar-refractivity contribution in [2.24, 2.45) is 0 Å². The first-order valence-corrected chi connectivity index (χ1v) is 9.67. The Morgan fingerprint density at radius 3 is 2.63 bits per heavy atom. The third-order valence-electron chi connectivity index (χ3n) is 4.73. The number of carbonyl (C=O) groups is 1. The van der Waals surface area contributed by atoms with Gasteiger partial charge in [0, 0.05) is 25.7 Å². The largest absolute Gasteiger partial charge is 0.486 e. The van der Waals surface area contributed by atoms with E-state index >= 15 is 0 Å². The fourth-order valence-corrected chi connectivity index (χ4v) is 3.21. The van der Waals surface area contributed by atoms with Gasteiger partial charge in [-0.3, -0.25) is 4.79 Å². The monoisotopic (exact) mass is 405 g/mol. The highest BCUT2D eigenvalue weighted by atomic mass is 16.6. The summed E-state index contributed by atoms with van der Waals surface area (Å²) in [5.74, 6) is 1.32. The summed E-state index contributed by atoms with van der Waals surface area (Å²) in [6.45, 7) is 2.53. The first kappa shape index (κ1) is 19.7. The third-order valence-corrected chi connectivity index (χ3v) is 4.73. The Kier molecular flexibility index (Phi) is 5.76. The van der Waals surface area contributed by atoms with Gasteiger partial charge in [-0.05, 0) is 29.3 Å². The van der Waals surface area contributed by atoms with E-state index in [0.717, 1.165) is 28.2 Å². The Balaban J connectivity index is 1.43. The number of hydrogen-bond acceptors (Lipinski definition) is 7. The molecule has 154 valence electrons. The first-order chi connectivity index (χ1) is 14.6.